The molecule has 1 rings (SSSR count). The van der Waals surface area contributed by atoms with Crippen LogP contribution in [0.15, 0.2) is 23.2 Å². The van der Waals surface area contributed by atoms with Gasteiger partial charge in [0.2, 0.25) is 10.0 Å². The lowest BCUT2D eigenvalue weighted by Crippen LogP contribution is -2.22. The first-order valence-corrected chi connectivity index (χ1v) is 7.33. The number of halogens is 1. The lowest BCUT2D eigenvalue weighted by molar-refractivity contribution is 0.520. The number of hydrogen-bond donors (Lipinski definition) is 0. The third kappa shape index (κ3) is 3.03. The van der Waals surface area contributed by atoms with Crippen molar-refractivity contribution in [2.75, 3.05) is 19.4 Å². The molecule has 7 heteroatoms. The molecule has 1 aromatic rings. The molecule has 0 N–H and O–H groups in total. The van der Waals surface area contributed by atoms with Crippen molar-refractivity contribution in [2.45, 2.75) is 10.8 Å². The summed E-state index contributed by atoms with van der Waals surface area (Å²) in [5.74, 6) is -0.369. The molecule has 1 atom stereocenters. The molecule has 0 aliphatic rings. The molecule has 0 saturated carbocycles. The highest BCUT2D eigenvalue weighted by molar-refractivity contribution is 9.09. The van der Waals surface area contributed by atoms with Crippen LogP contribution in [-0.2, 0) is 10.0 Å². The van der Waals surface area contributed by atoms with Gasteiger partial charge in [0.25, 0.3) is 0 Å². The molecule has 5 nitrogen and oxygen atoms in total. The maximum atomic E-state index is 11.8. The minimum atomic E-state index is -3.46. The van der Waals surface area contributed by atoms with E-state index in [9.17, 15) is 8.42 Å². The zero-order chi connectivity index (χ0) is 13.1. The fraction of sp³-hybridized carbons (Fsp3) is 0.400. The van der Waals surface area contributed by atoms with Gasteiger partial charge in [0.1, 0.15) is 4.90 Å². The van der Waals surface area contributed by atoms with Gasteiger partial charge in [0.15, 0.2) is 0 Å². The Labute approximate surface area is 109 Å². The van der Waals surface area contributed by atoms with Crippen molar-refractivity contribution in [1.82, 2.24) is 9.29 Å². The van der Waals surface area contributed by atoms with E-state index in [1.165, 1.54) is 26.4 Å². The van der Waals surface area contributed by atoms with Gasteiger partial charge in [0.05, 0.1) is 17.7 Å². The Morgan fingerprint density at radius 1 is 1.53 bits per heavy atom. The topological polar surface area (TPSA) is 74.1 Å². The Bertz CT molecular complexity index is 519. The Hall–Kier alpha value is -0.970. The molecule has 0 aliphatic carbocycles. The average molecular weight is 318 g/mol. The first-order valence-electron chi connectivity index (χ1n) is 4.77. The molecule has 0 bridgehead atoms. The summed E-state index contributed by atoms with van der Waals surface area (Å²) in [4.78, 5) is 4.13. The van der Waals surface area contributed by atoms with Crippen LogP contribution in [0.1, 0.15) is 11.6 Å². The predicted octanol–water partition coefficient (Wildman–Crippen LogP) is 1.33. The number of rotatable bonds is 4. The van der Waals surface area contributed by atoms with Crippen LogP contribution >= 0.6 is 15.9 Å². The van der Waals surface area contributed by atoms with E-state index >= 15 is 0 Å². The van der Waals surface area contributed by atoms with Gasteiger partial charge in [-0.1, -0.05) is 15.9 Å². The van der Waals surface area contributed by atoms with Crippen LogP contribution in [0, 0.1) is 11.3 Å². The molecule has 1 heterocycles. The van der Waals surface area contributed by atoms with Crippen LogP contribution in [0.3, 0.4) is 0 Å². The molecule has 92 valence electrons. The quantitative estimate of drug-likeness (QED) is 0.785. The number of aromatic nitrogens is 1. The third-order valence-corrected chi connectivity index (χ3v) is 4.65. The van der Waals surface area contributed by atoms with Gasteiger partial charge in [-0.05, 0) is 12.1 Å². The molecule has 0 amide bonds. The molecular formula is C10H12BrN3O2S. The Balaban J connectivity index is 3.09. The van der Waals surface area contributed by atoms with E-state index in [2.05, 4.69) is 27.0 Å². The van der Waals surface area contributed by atoms with Gasteiger partial charge in [-0.3, -0.25) is 4.98 Å². The summed E-state index contributed by atoms with van der Waals surface area (Å²) >= 11 is 3.20. The van der Waals surface area contributed by atoms with E-state index in [-0.39, 0.29) is 10.8 Å². The van der Waals surface area contributed by atoms with Gasteiger partial charge < -0.3 is 0 Å². The normalized spacial score (nSPS) is 13.4. The van der Waals surface area contributed by atoms with E-state index < -0.39 is 10.0 Å². The van der Waals surface area contributed by atoms with Gasteiger partial charge >= 0.3 is 0 Å². The number of sulfonamides is 1. The molecular weight excluding hydrogens is 306 g/mol. The van der Waals surface area contributed by atoms with Crippen LogP contribution in [0.5, 0.6) is 0 Å². The van der Waals surface area contributed by atoms with E-state index in [1.54, 1.807) is 6.07 Å². The summed E-state index contributed by atoms with van der Waals surface area (Å²) in [7, 11) is -0.540. The monoisotopic (exact) mass is 317 g/mol. The summed E-state index contributed by atoms with van der Waals surface area (Å²) in [5.41, 5.74) is 0.557. The number of nitrogens with zero attached hydrogens (tertiary/aromatic N) is 3. The van der Waals surface area contributed by atoms with Crippen molar-refractivity contribution >= 4 is 26.0 Å². The molecule has 0 aliphatic heterocycles. The first kappa shape index (κ1) is 14.1. The van der Waals surface area contributed by atoms with Crippen LogP contribution < -0.4 is 0 Å². The summed E-state index contributed by atoms with van der Waals surface area (Å²) in [6.45, 7) is 0. The summed E-state index contributed by atoms with van der Waals surface area (Å²) in [6, 6.07) is 5.10. The average Bonchev–Trinajstić information content (AvgIpc) is 2.31. The molecule has 0 fully saturated rings. The van der Waals surface area contributed by atoms with Crippen LogP contribution in [0.4, 0.5) is 0 Å². The van der Waals surface area contributed by atoms with Gasteiger partial charge in [0, 0.05) is 25.6 Å². The summed E-state index contributed by atoms with van der Waals surface area (Å²) in [5, 5.41) is 9.32. The van der Waals surface area contributed by atoms with Crippen molar-refractivity contribution in [3.05, 3.63) is 24.0 Å². The predicted molar refractivity (Wildman–Crippen MR) is 67.3 cm³/mol. The molecule has 0 saturated heterocycles. The zero-order valence-electron chi connectivity index (χ0n) is 9.46. The van der Waals surface area contributed by atoms with Gasteiger partial charge in [-0.15, -0.1) is 0 Å². The number of pyridine rings is 1. The van der Waals surface area contributed by atoms with Crippen molar-refractivity contribution in [2.24, 2.45) is 0 Å². The molecule has 0 aromatic carbocycles. The van der Waals surface area contributed by atoms with E-state index in [0.29, 0.717) is 11.0 Å². The van der Waals surface area contributed by atoms with Crippen molar-refractivity contribution in [3.63, 3.8) is 0 Å². The van der Waals surface area contributed by atoms with Crippen LogP contribution in [0.25, 0.3) is 0 Å². The smallest absolute Gasteiger partial charge is 0.244 e. The molecule has 1 aromatic heterocycles. The van der Waals surface area contributed by atoms with Crippen LogP contribution in [-0.4, -0.2) is 37.1 Å². The first-order chi connectivity index (χ1) is 7.93. The SMILES string of the molecule is CN(C)S(=O)(=O)c1ccc(C(C#N)CBr)nc1. The second kappa shape index (κ2) is 5.58. The Morgan fingerprint density at radius 2 is 2.18 bits per heavy atom. The largest absolute Gasteiger partial charge is 0.258 e. The standard InChI is InChI=1S/C10H12BrN3O2S/c1-14(2)17(15,16)9-3-4-10(13-7-9)8(5-11)6-12/h3-4,7-8H,5H2,1-2H3. The zero-order valence-corrected chi connectivity index (χ0v) is 11.9. The fourth-order valence-corrected chi connectivity index (χ4v) is 2.46. The highest BCUT2D eigenvalue weighted by Crippen LogP contribution is 2.18. The van der Waals surface area contributed by atoms with Crippen molar-refractivity contribution in [3.8, 4) is 6.07 Å². The van der Waals surface area contributed by atoms with Gasteiger partial charge in [-0.2, -0.15) is 5.26 Å². The van der Waals surface area contributed by atoms with Crippen molar-refractivity contribution in [1.29, 1.82) is 5.26 Å². The minimum absolute atomic E-state index is 0.123. The second-order valence-electron chi connectivity index (χ2n) is 3.54. The summed E-state index contributed by atoms with van der Waals surface area (Å²) in [6.07, 6.45) is 1.28. The third-order valence-electron chi connectivity index (χ3n) is 2.20. The van der Waals surface area contributed by atoms with E-state index in [1.807, 2.05) is 0 Å². The van der Waals surface area contributed by atoms with Gasteiger partial charge in [-0.25, -0.2) is 12.7 Å². The van der Waals surface area contributed by atoms with E-state index in [0.717, 1.165) is 4.31 Å². The second-order valence-corrected chi connectivity index (χ2v) is 6.34. The minimum Gasteiger partial charge on any atom is -0.258 e. The maximum Gasteiger partial charge on any atom is 0.244 e. The number of hydrogen-bond acceptors (Lipinski definition) is 4. The Kier molecular flexibility index (Phi) is 4.62. The summed E-state index contributed by atoms with van der Waals surface area (Å²) < 4.78 is 24.6. The van der Waals surface area contributed by atoms with E-state index in [4.69, 9.17) is 5.26 Å². The Morgan fingerprint density at radius 3 is 2.53 bits per heavy atom. The maximum absolute atomic E-state index is 11.8. The molecule has 1 unspecified atom stereocenters. The molecule has 0 radical (unpaired) electrons. The molecule has 17 heavy (non-hydrogen) atoms. The lowest BCUT2D eigenvalue weighted by Gasteiger charge is -2.11. The van der Waals surface area contributed by atoms with Crippen LogP contribution in [0.2, 0.25) is 0 Å². The number of alkyl halides is 1. The van der Waals surface area contributed by atoms with Crippen molar-refractivity contribution < 1.29 is 8.42 Å². The lowest BCUT2D eigenvalue weighted by atomic mass is 10.1. The number of nitriles is 1. The highest BCUT2D eigenvalue weighted by Gasteiger charge is 2.18. The molecule has 0 spiro atoms. The fourth-order valence-electron chi connectivity index (χ4n) is 1.14. The highest BCUT2D eigenvalue weighted by atomic mass is 79.9.